The quantitative estimate of drug-likeness (QED) is 0.478. The number of rotatable bonds is 6. The SMILES string of the molecule is CCc1ccc(C(=O)N2CCN(C(=O)CN3CCc4sccc4[C@H]3c3ccc(OC)cc3)C[C@H]2C)cc1. The largest absolute Gasteiger partial charge is 0.497 e. The Balaban J connectivity index is 1.26. The molecular formula is C30H35N3O3S. The molecular weight excluding hydrogens is 482 g/mol. The number of amides is 2. The number of piperazine rings is 1. The fraction of sp³-hybridized carbons (Fsp3) is 0.400. The summed E-state index contributed by atoms with van der Waals surface area (Å²) in [6.07, 6.45) is 1.91. The Morgan fingerprint density at radius 3 is 2.43 bits per heavy atom. The van der Waals surface area contributed by atoms with Crippen molar-refractivity contribution in [1.29, 1.82) is 0 Å². The Morgan fingerprint density at radius 2 is 1.76 bits per heavy atom. The van der Waals surface area contributed by atoms with E-state index in [4.69, 9.17) is 4.74 Å². The molecule has 0 N–H and O–H groups in total. The van der Waals surface area contributed by atoms with Gasteiger partial charge in [-0.1, -0.05) is 31.2 Å². The highest BCUT2D eigenvalue weighted by molar-refractivity contribution is 7.10. The number of ether oxygens (including phenoxy) is 1. The number of benzene rings is 2. The molecule has 0 spiro atoms. The number of carbonyl (C=O) groups is 2. The molecule has 5 rings (SSSR count). The van der Waals surface area contributed by atoms with Gasteiger partial charge in [-0.3, -0.25) is 14.5 Å². The number of nitrogens with zero attached hydrogens (tertiary/aromatic N) is 3. The van der Waals surface area contributed by atoms with E-state index in [2.05, 4.69) is 35.4 Å². The summed E-state index contributed by atoms with van der Waals surface area (Å²) in [5, 5.41) is 2.15. The zero-order valence-corrected chi connectivity index (χ0v) is 22.7. The standard InChI is InChI=1S/C30H35N3O3S/c1-4-22-5-7-24(8-6-22)30(35)33-17-16-31(19-21(33)2)28(34)20-32-15-13-27-26(14-18-37-27)29(32)23-9-11-25(36-3)12-10-23/h5-12,14,18,21,29H,4,13,15-17,19-20H2,1-3H3/t21-,29-/m1/s1. The van der Waals surface area contributed by atoms with Gasteiger partial charge in [0.05, 0.1) is 19.7 Å². The third kappa shape index (κ3) is 5.29. The number of aryl methyl sites for hydroxylation is 1. The van der Waals surface area contributed by atoms with E-state index in [0.29, 0.717) is 31.7 Å². The zero-order chi connectivity index (χ0) is 25.9. The molecule has 2 aliphatic rings. The molecule has 37 heavy (non-hydrogen) atoms. The molecule has 0 saturated carbocycles. The predicted molar refractivity (Wildman–Crippen MR) is 147 cm³/mol. The second-order valence-electron chi connectivity index (χ2n) is 9.93. The van der Waals surface area contributed by atoms with Crippen LogP contribution in [0.1, 0.15) is 51.8 Å². The van der Waals surface area contributed by atoms with Gasteiger partial charge in [0.15, 0.2) is 0 Å². The minimum absolute atomic E-state index is 0.0294. The van der Waals surface area contributed by atoms with Gasteiger partial charge < -0.3 is 14.5 Å². The lowest BCUT2D eigenvalue weighted by Gasteiger charge is -2.42. The first-order valence-corrected chi connectivity index (χ1v) is 14.0. The fourth-order valence-electron chi connectivity index (χ4n) is 5.52. The molecule has 0 unspecified atom stereocenters. The number of hydrogen-bond acceptors (Lipinski definition) is 5. The Kier molecular flexibility index (Phi) is 7.63. The minimum atomic E-state index is -0.0294. The van der Waals surface area contributed by atoms with Gasteiger partial charge in [-0.25, -0.2) is 0 Å². The first-order valence-electron chi connectivity index (χ1n) is 13.1. The van der Waals surface area contributed by atoms with Crippen molar-refractivity contribution in [2.24, 2.45) is 0 Å². The average Bonchev–Trinajstić information content (AvgIpc) is 3.41. The van der Waals surface area contributed by atoms with Crippen molar-refractivity contribution < 1.29 is 14.3 Å². The molecule has 7 heteroatoms. The third-order valence-electron chi connectivity index (χ3n) is 7.69. The highest BCUT2D eigenvalue weighted by atomic mass is 32.1. The summed E-state index contributed by atoms with van der Waals surface area (Å²) in [4.78, 5) is 34.2. The van der Waals surface area contributed by atoms with Crippen molar-refractivity contribution in [3.63, 3.8) is 0 Å². The van der Waals surface area contributed by atoms with Crippen molar-refractivity contribution >= 4 is 23.2 Å². The van der Waals surface area contributed by atoms with Crippen LogP contribution in [-0.2, 0) is 17.6 Å². The smallest absolute Gasteiger partial charge is 0.254 e. The number of methoxy groups -OCH3 is 1. The second-order valence-corrected chi connectivity index (χ2v) is 10.9. The second kappa shape index (κ2) is 11.1. The molecule has 1 fully saturated rings. The van der Waals surface area contributed by atoms with Crippen LogP contribution in [-0.4, -0.2) is 72.4 Å². The molecule has 2 amide bonds. The van der Waals surface area contributed by atoms with Crippen molar-refractivity contribution in [3.8, 4) is 5.75 Å². The van der Waals surface area contributed by atoms with Gasteiger partial charge >= 0.3 is 0 Å². The molecule has 1 saturated heterocycles. The van der Waals surface area contributed by atoms with Gasteiger partial charge in [0, 0.05) is 42.7 Å². The van der Waals surface area contributed by atoms with Crippen LogP contribution in [0.2, 0.25) is 0 Å². The van der Waals surface area contributed by atoms with Crippen LogP contribution in [0, 0.1) is 0 Å². The maximum absolute atomic E-state index is 13.5. The van der Waals surface area contributed by atoms with Crippen LogP contribution < -0.4 is 4.74 Å². The topological polar surface area (TPSA) is 53.1 Å². The lowest BCUT2D eigenvalue weighted by Crippen LogP contribution is -2.57. The van der Waals surface area contributed by atoms with Crippen molar-refractivity contribution in [1.82, 2.24) is 14.7 Å². The average molecular weight is 518 g/mol. The summed E-state index contributed by atoms with van der Waals surface area (Å²) >= 11 is 1.80. The lowest BCUT2D eigenvalue weighted by molar-refractivity contribution is -0.135. The Labute approximate surface area is 223 Å². The Bertz CT molecular complexity index is 1240. The summed E-state index contributed by atoms with van der Waals surface area (Å²) in [5.41, 5.74) is 4.41. The molecule has 0 aliphatic carbocycles. The molecule has 194 valence electrons. The van der Waals surface area contributed by atoms with E-state index >= 15 is 0 Å². The molecule has 0 bridgehead atoms. The van der Waals surface area contributed by atoms with E-state index in [1.165, 1.54) is 21.6 Å². The van der Waals surface area contributed by atoms with Gasteiger partial charge in [0.2, 0.25) is 5.91 Å². The van der Waals surface area contributed by atoms with Crippen LogP contribution in [0.25, 0.3) is 0 Å². The molecule has 1 aromatic heterocycles. The number of carbonyl (C=O) groups excluding carboxylic acids is 2. The molecule has 2 aliphatic heterocycles. The molecule has 3 heterocycles. The van der Waals surface area contributed by atoms with E-state index in [1.807, 2.05) is 53.1 Å². The Morgan fingerprint density at radius 1 is 1.00 bits per heavy atom. The van der Waals surface area contributed by atoms with Crippen molar-refractivity contribution in [2.75, 3.05) is 39.8 Å². The van der Waals surface area contributed by atoms with Crippen molar-refractivity contribution in [3.05, 3.63) is 87.1 Å². The van der Waals surface area contributed by atoms with Gasteiger partial charge in [0.1, 0.15) is 5.75 Å². The van der Waals surface area contributed by atoms with E-state index in [9.17, 15) is 9.59 Å². The maximum atomic E-state index is 13.5. The lowest BCUT2D eigenvalue weighted by atomic mass is 9.93. The van der Waals surface area contributed by atoms with Gasteiger partial charge in [0.25, 0.3) is 5.91 Å². The zero-order valence-electron chi connectivity index (χ0n) is 21.9. The monoisotopic (exact) mass is 517 g/mol. The summed E-state index contributed by atoms with van der Waals surface area (Å²) in [6, 6.07) is 18.3. The van der Waals surface area contributed by atoms with Crippen molar-refractivity contribution in [2.45, 2.75) is 38.8 Å². The van der Waals surface area contributed by atoms with Crippen LogP contribution in [0.5, 0.6) is 5.75 Å². The highest BCUT2D eigenvalue weighted by Gasteiger charge is 2.34. The third-order valence-corrected chi connectivity index (χ3v) is 8.68. The fourth-order valence-corrected chi connectivity index (χ4v) is 6.43. The van der Waals surface area contributed by atoms with E-state index in [0.717, 1.165) is 25.1 Å². The molecule has 0 radical (unpaired) electrons. The molecule has 2 atom stereocenters. The van der Waals surface area contributed by atoms with Gasteiger partial charge in [-0.05, 0) is 72.2 Å². The summed E-state index contributed by atoms with van der Waals surface area (Å²) in [5.74, 6) is 1.00. The molecule has 2 aromatic carbocycles. The first kappa shape index (κ1) is 25.5. The van der Waals surface area contributed by atoms with Crippen LogP contribution in [0.15, 0.2) is 60.0 Å². The number of thiophene rings is 1. The predicted octanol–water partition coefficient (Wildman–Crippen LogP) is 4.64. The summed E-state index contributed by atoms with van der Waals surface area (Å²) in [6.45, 7) is 7.03. The van der Waals surface area contributed by atoms with Gasteiger partial charge in [-0.15, -0.1) is 11.3 Å². The summed E-state index contributed by atoms with van der Waals surface area (Å²) < 4.78 is 5.36. The molecule has 6 nitrogen and oxygen atoms in total. The summed E-state index contributed by atoms with van der Waals surface area (Å²) in [7, 11) is 1.67. The van der Waals surface area contributed by atoms with Crippen LogP contribution >= 0.6 is 11.3 Å². The van der Waals surface area contributed by atoms with Gasteiger partial charge in [-0.2, -0.15) is 0 Å². The van der Waals surface area contributed by atoms with E-state index in [1.54, 1.807) is 18.4 Å². The number of fused-ring (bicyclic) bond motifs is 1. The maximum Gasteiger partial charge on any atom is 0.254 e. The van der Waals surface area contributed by atoms with E-state index in [-0.39, 0.29) is 23.9 Å². The normalized spacial score (nSPS) is 20.0. The molecule has 3 aromatic rings. The van der Waals surface area contributed by atoms with Crippen LogP contribution in [0.3, 0.4) is 0 Å². The van der Waals surface area contributed by atoms with Crippen LogP contribution in [0.4, 0.5) is 0 Å². The first-order chi connectivity index (χ1) is 18.0. The highest BCUT2D eigenvalue weighted by Crippen LogP contribution is 2.38. The van der Waals surface area contributed by atoms with E-state index < -0.39 is 0 Å². The Hall–Kier alpha value is -3.16. The minimum Gasteiger partial charge on any atom is -0.497 e. The number of hydrogen-bond donors (Lipinski definition) is 0.